The van der Waals surface area contributed by atoms with E-state index in [2.05, 4.69) is 25.8 Å². The van der Waals surface area contributed by atoms with Crippen LogP contribution in [0.1, 0.15) is 5.82 Å². The van der Waals surface area contributed by atoms with Gasteiger partial charge in [-0.1, -0.05) is 18.2 Å². The fraction of sp³-hybridized carbons (Fsp3) is 0.250. The number of methoxy groups -OCH3 is 1. The van der Waals surface area contributed by atoms with Crippen molar-refractivity contribution in [3.8, 4) is 17.2 Å². The number of hydrogen-bond donors (Lipinski definition) is 2. The molecule has 0 spiro atoms. The average molecular weight is 380 g/mol. The lowest BCUT2D eigenvalue weighted by atomic mass is 10.3. The van der Waals surface area contributed by atoms with Crippen LogP contribution < -0.4 is 20.1 Å². The summed E-state index contributed by atoms with van der Waals surface area (Å²) in [5.74, 6) is 3.06. The minimum atomic E-state index is 0.494. The van der Waals surface area contributed by atoms with Crippen molar-refractivity contribution in [3.05, 3.63) is 66.7 Å². The van der Waals surface area contributed by atoms with Gasteiger partial charge >= 0.3 is 0 Å². The van der Waals surface area contributed by atoms with Crippen LogP contribution in [-0.4, -0.2) is 48.0 Å². The van der Waals surface area contributed by atoms with Crippen LogP contribution in [0.2, 0.25) is 0 Å². The summed E-state index contributed by atoms with van der Waals surface area (Å²) < 4.78 is 12.8. The summed E-state index contributed by atoms with van der Waals surface area (Å²) in [7, 11) is 3.36. The Hall–Kier alpha value is -3.55. The molecule has 2 aromatic carbocycles. The van der Waals surface area contributed by atoms with Crippen LogP contribution in [0.15, 0.2) is 65.9 Å². The van der Waals surface area contributed by atoms with E-state index in [4.69, 9.17) is 9.47 Å². The molecule has 0 amide bonds. The van der Waals surface area contributed by atoms with Crippen molar-refractivity contribution in [1.29, 1.82) is 0 Å². The molecule has 8 nitrogen and oxygen atoms in total. The highest BCUT2D eigenvalue weighted by Gasteiger charge is 2.07. The number of aromatic nitrogens is 3. The molecule has 146 valence electrons. The fourth-order valence-electron chi connectivity index (χ4n) is 2.58. The van der Waals surface area contributed by atoms with Crippen LogP contribution in [0.4, 0.5) is 0 Å². The number of rotatable bonds is 8. The Balaban J connectivity index is 1.45. The second-order valence-electron chi connectivity index (χ2n) is 5.83. The van der Waals surface area contributed by atoms with Gasteiger partial charge in [0, 0.05) is 12.7 Å². The van der Waals surface area contributed by atoms with Gasteiger partial charge in [0.2, 0.25) is 0 Å². The molecule has 3 rings (SSSR count). The Morgan fingerprint density at radius 1 is 1.04 bits per heavy atom. The second-order valence-corrected chi connectivity index (χ2v) is 5.83. The van der Waals surface area contributed by atoms with Crippen LogP contribution in [0, 0.1) is 0 Å². The molecule has 1 heterocycles. The zero-order valence-electron chi connectivity index (χ0n) is 16.0. The van der Waals surface area contributed by atoms with Gasteiger partial charge in [0.15, 0.2) is 11.8 Å². The summed E-state index contributed by atoms with van der Waals surface area (Å²) in [5, 5.41) is 14.6. The van der Waals surface area contributed by atoms with Gasteiger partial charge in [-0.05, 0) is 36.4 Å². The summed E-state index contributed by atoms with van der Waals surface area (Å²) in [5.41, 5.74) is 1.01. The first kappa shape index (κ1) is 19.2. The van der Waals surface area contributed by atoms with Gasteiger partial charge in [0.05, 0.1) is 20.2 Å². The summed E-state index contributed by atoms with van der Waals surface area (Å²) >= 11 is 0. The number of para-hydroxylation sites is 1. The summed E-state index contributed by atoms with van der Waals surface area (Å²) in [6, 6.07) is 17.5. The molecule has 0 radical (unpaired) electrons. The lowest BCUT2D eigenvalue weighted by Crippen LogP contribution is -2.39. The molecule has 0 bridgehead atoms. The van der Waals surface area contributed by atoms with Crippen molar-refractivity contribution in [2.75, 3.05) is 27.3 Å². The van der Waals surface area contributed by atoms with E-state index in [1.54, 1.807) is 20.5 Å². The fourth-order valence-corrected chi connectivity index (χ4v) is 2.58. The van der Waals surface area contributed by atoms with Crippen molar-refractivity contribution >= 4 is 5.96 Å². The lowest BCUT2D eigenvalue weighted by Gasteiger charge is -2.13. The maximum atomic E-state index is 5.70. The number of hydrogen-bond acceptors (Lipinski definition) is 5. The number of ether oxygens (including phenoxy) is 2. The maximum absolute atomic E-state index is 5.70. The Kier molecular flexibility index (Phi) is 6.84. The van der Waals surface area contributed by atoms with Gasteiger partial charge in [-0.2, -0.15) is 0 Å². The van der Waals surface area contributed by atoms with Crippen LogP contribution in [0.25, 0.3) is 5.69 Å². The molecule has 0 aliphatic carbocycles. The number of aliphatic imine (C=N–C) groups is 1. The molecule has 0 fully saturated rings. The Morgan fingerprint density at radius 2 is 1.79 bits per heavy atom. The monoisotopic (exact) mass is 380 g/mol. The SMILES string of the molecule is CN=C(NCCOc1ccc(OC)cc1)NCc1nncn1-c1ccccc1. The predicted octanol–water partition coefficient (Wildman–Crippen LogP) is 2.02. The van der Waals surface area contributed by atoms with Gasteiger partial charge in [-0.3, -0.25) is 9.56 Å². The van der Waals surface area contributed by atoms with E-state index in [1.165, 1.54) is 0 Å². The molecule has 0 saturated carbocycles. The van der Waals surface area contributed by atoms with E-state index < -0.39 is 0 Å². The third-order valence-electron chi connectivity index (χ3n) is 4.01. The first-order chi connectivity index (χ1) is 13.8. The van der Waals surface area contributed by atoms with E-state index in [-0.39, 0.29) is 0 Å². The van der Waals surface area contributed by atoms with E-state index in [0.717, 1.165) is 23.0 Å². The largest absolute Gasteiger partial charge is 0.497 e. The van der Waals surface area contributed by atoms with Gasteiger partial charge in [0.1, 0.15) is 24.4 Å². The molecule has 1 aromatic heterocycles. The molecule has 0 aliphatic rings. The first-order valence-electron chi connectivity index (χ1n) is 8.96. The lowest BCUT2D eigenvalue weighted by molar-refractivity contribution is 0.321. The highest BCUT2D eigenvalue weighted by atomic mass is 16.5. The molecular weight excluding hydrogens is 356 g/mol. The van der Waals surface area contributed by atoms with Crippen molar-refractivity contribution < 1.29 is 9.47 Å². The van der Waals surface area contributed by atoms with Gasteiger partial charge in [0.25, 0.3) is 0 Å². The van der Waals surface area contributed by atoms with Crippen molar-refractivity contribution in [2.24, 2.45) is 4.99 Å². The van der Waals surface area contributed by atoms with E-state index in [9.17, 15) is 0 Å². The average Bonchev–Trinajstić information content (AvgIpc) is 3.23. The minimum absolute atomic E-state index is 0.494. The second kappa shape index (κ2) is 9.96. The number of nitrogens with one attached hydrogen (secondary N) is 2. The van der Waals surface area contributed by atoms with Gasteiger partial charge < -0.3 is 20.1 Å². The zero-order valence-corrected chi connectivity index (χ0v) is 16.0. The third kappa shape index (κ3) is 5.23. The van der Waals surface area contributed by atoms with Crippen molar-refractivity contribution in [1.82, 2.24) is 25.4 Å². The number of guanidine groups is 1. The zero-order chi connectivity index (χ0) is 19.6. The van der Waals surface area contributed by atoms with Crippen LogP contribution in [0.5, 0.6) is 11.5 Å². The Bertz CT molecular complexity index is 877. The highest BCUT2D eigenvalue weighted by Crippen LogP contribution is 2.16. The minimum Gasteiger partial charge on any atom is -0.497 e. The van der Waals surface area contributed by atoms with E-state index >= 15 is 0 Å². The van der Waals surface area contributed by atoms with E-state index in [1.807, 2.05) is 59.2 Å². The molecular formula is C20H24N6O2. The maximum Gasteiger partial charge on any atom is 0.191 e. The summed E-state index contributed by atoms with van der Waals surface area (Å²) in [6.45, 7) is 1.61. The van der Waals surface area contributed by atoms with E-state index in [0.29, 0.717) is 25.7 Å². The van der Waals surface area contributed by atoms with Crippen molar-refractivity contribution in [3.63, 3.8) is 0 Å². The van der Waals surface area contributed by atoms with Crippen molar-refractivity contribution in [2.45, 2.75) is 6.54 Å². The van der Waals surface area contributed by atoms with Gasteiger partial charge in [-0.15, -0.1) is 10.2 Å². The molecule has 0 saturated heterocycles. The predicted molar refractivity (Wildman–Crippen MR) is 108 cm³/mol. The first-order valence-corrected chi connectivity index (χ1v) is 8.96. The summed E-state index contributed by atoms with van der Waals surface area (Å²) in [4.78, 5) is 4.22. The number of benzene rings is 2. The molecule has 3 aromatic rings. The number of nitrogens with zero attached hydrogens (tertiary/aromatic N) is 4. The quantitative estimate of drug-likeness (QED) is 0.353. The molecule has 8 heteroatoms. The molecule has 0 atom stereocenters. The highest BCUT2D eigenvalue weighted by molar-refractivity contribution is 5.79. The van der Waals surface area contributed by atoms with Gasteiger partial charge in [-0.25, -0.2) is 0 Å². The normalized spacial score (nSPS) is 11.1. The third-order valence-corrected chi connectivity index (χ3v) is 4.01. The molecule has 0 unspecified atom stereocenters. The molecule has 0 aliphatic heterocycles. The standard InChI is InChI=1S/C20H24N6O2/c1-21-20(22-12-13-28-18-10-8-17(27-2)9-11-18)23-14-19-25-24-15-26(19)16-6-4-3-5-7-16/h3-11,15H,12-14H2,1-2H3,(H2,21,22,23). The smallest absolute Gasteiger partial charge is 0.191 e. The summed E-state index contributed by atoms with van der Waals surface area (Å²) in [6.07, 6.45) is 1.70. The molecule has 28 heavy (non-hydrogen) atoms. The Morgan fingerprint density at radius 3 is 2.50 bits per heavy atom. The van der Waals surface area contributed by atoms with Crippen LogP contribution in [0.3, 0.4) is 0 Å². The molecule has 2 N–H and O–H groups in total. The van der Waals surface area contributed by atoms with Crippen LogP contribution >= 0.6 is 0 Å². The Labute approximate surface area is 164 Å². The topological polar surface area (TPSA) is 85.6 Å². The van der Waals surface area contributed by atoms with Crippen LogP contribution in [-0.2, 0) is 6.54 Å².